The number of morpholine rings is 1. The predicted molar refractivity (Wildman–Crippen MR) is 73.6 cm³/mol. The summed E-state index contributed by atoms with van der Waals surface area (Å²) in [4.78, 5) is 4.76. The van der Waals surface area contributed by atoms with Crippen LogP contribution in [0.1, 0.15) is 23.6 Å². The van der Waals surface area contributed by atoms with E-state index in [-0.39, 0.29) is 6.61 Å². The first kappa shape index (κ1) is 13.6. The molecule has 2 atom stereocenters. The van der Waals surface area contributed by atoms with E-state index in [1.54, 1.807) is 11.3 Å². The van der Waals surface area contributed by atoms with E-state index in [1.165, 1.54) is 4.88 Å². The van der Waals surface area contributed by atoms with Gasteiger partial charge in [0.2, 0.25) is 0 Å². The summed E-state index contributed by atoms with van der Waals surface area (Å²) in [5, 5.41) is 8.66. The minimum Gasteiger partial charge on any atom is -0.384 e. The van der Waals surface area contributed by atoms with Crippen molar-refractivity contribution in [1.82, 2.24) is 4.90 Å². The minimum absolute atomic E-state index is 0.0777. The maximum absolute atomic E-state index is 8.66. The largest absolute Gasteiger partial charge is 0.384 e. The van der Waals surface area contributed by atoms with Gasteiger partial charge in [0.05, 0.1) is 17.1 Å². The van der Waals surface area contributed by atoms with Gasteiger partial charge in [-0.2, -0.15) is 0 Å². The first-order valence-corrected chi connectivity index (χ1v) is 7.05. The molecular weight excluding hydrogens is 246 g/mol. The van der Waals surface area contributed by atoms with Crippen molar-refractivity contribution in [2.45, 2.75) is 32.6 Å². The summed E-state index contributed by atoms with van der Waals surface area (Å²) in [6.45, 7) is 7.10. The second-order valence-corrected chi connectivity index (χ2v) is 5.85. The van der Waals surface area contributed by atoms with Gasteiger partial charge in [0.15, 0.2) is 0 Å². The predicted octanol–water partition coefficient (Wildman–Crippen LogP) is 1.70. The third-order valence-electron chi connectivity index (χ3n) is 2.83. The van der Waals surface area contributed by atoms with Crippen molar-refractivity contribution in [1.29, 1.82) is 0 Å². The third-order valence-corrected chi connectivity index (χ3v) is 3.81. The second kappa shape index (κ2) is 6.35. The van der Waals surface area contributed by atoms with Crippen LogP contribution in [-0.2, 0) is 11.3 Å². The van der Waals surface area contributed by atoms with Crippen LogP contribution in [0, 0.1) is 11.8 Å². The Balaban J connectivity index is 1.94. The summed E-state index contributed by atoms with van der Waals surface area (Å²) >= 11 is 1.70. The number of hydrogen-bond donors (Lipinski definition) is 1. The van der Waals surface area contributed by atoms with Gasteiger partial charge in [-0.3, -0.25) is 4.90 Å². The smallest absolute Gasteiger partial charge is 0.104 e. The molecule has 2 rings (SSSR count). The lowest BCUT2D eigenvalue weighted by molar-refractivity contribution is -0.0702. The topological polar surface area (TPSA) is 32.7 Å². The van der Waals surface area contributed by atoms with Crippen LogP contribution in [0.4, 0.5) is 0 Å². The number of ether oxygens (including phenoxy) is 1. The highest BCUT2D eigenvalue weighted by Crippen LogP contribution is 2.20. The lowest BCUT2D eigenvalue weighted by Crippen LogP contribution is -2.44. The summed E-state index contributed by atoms with van der Waals surface area (Å²) in [7, 11) is 0. The van der Waals surface area contributed by atoms with E-state index in [1.807, 2.05) is 6.07 Å². The first-order chi connectivity index (χ1) is 8.67. The molecule has 2 unspecified atom stereocenters. The van der Waals surface area contributed by atoms with Crippen LogP contribution >= 0.6 is 11.3 Å². The van der Waals surface area contributed by atoms with E-state index >= 15 is 0 Å². The summed E-state index contributed by atoms with van der Waals surface area (Å²) in [6, 6.07) is 4.15. The maximum atomic E-state index is 8.66. The van der Waals surface area contributed by atoms with Crippen molar-refractivity contribution in [3.05, 3.63) is 21.9 Å². The van der Waals surface area contributed by atoms with E-state index in [9.17, 15) is 0 Å². The standard InChI is InChI=1S/C14H19NO2S/c1-11-8-15(9-12(2)17-11)10-14-6-5-13(18-14)4-3-7-16/h5-6,11-12,16H,7-10H2,1-2H3. The van der Waals surface area contributed by atoms with Crippen molar-refractivity contribution in [3.8, 4) is 11.8 Å². The molecule has 0 radical (unpaired) electrons. The zero-order valence-corrected chi connectivity index (χ0v) is 11.7. The van der Waals surface area contributed by atoms with E-state index < -0.39 is 0 Å². The van der Waals surface area contributed by atoms with Crippen LogP contribution in [0.15, 0.2) is 12.1 Å². The number of nitrogens with zero attached hydrogens (tertiary/aromatic N) is 1. The van der Waals surface area contributed by atoms with Crippen LogP contribution in [0.3, 0.4) is 0 Å². The van der Waals surface area contributed by atoms with Crippen LogP contribution in [0.2, 0.25) is 0 Å². The Morgan fingerprint density at radius 3 is 2.78 bits per heavy atom. The molecule has 0 aromatic carbocycles. The van der Waals surface area contributed by atoms with Gasteiger partial charge in [-0.25, -0.2) is 0 Å². The Bertz CT molecular complexity index is 436. The highest BCUT2D eigenvalue weighted by Gasteiger charge is 2.22. The minimum atomic E-state index is -0.0777. The molecule has 1 fully saturated rings. The molecule has 0 spiro atoms. The van der Waals surface area contributed by atoms with Gasteiger partial charge in [0.1, 0.15) is 6.61 Å². The Kier molecular flexibility index (Phi) is 4.79. The van der Waals surface area contributed by atoms with Gasteiger partial charge in [-0.1, -0.05) is 11.8 Å². The molecule has 1 aliphatic heterocycles. The van der Waals surface area contributed by atoms with Crippen LogP contribution in [-0.4, -0.2) is 41.9 Å². The fourth-order valence-corrected chi connectivity index (χ4v) is 3.22. The third kappa shape index (κ3) is 3.82. The van der Waals surface area contributed by atoms with Gasteiger partial charge in [0.25, 0.3) is 0 Å². The van der Waals surface area contributed by atoms with E-state index in [0.29, 0.717) is 12.2 Å². The Morgan fingerprint density at radius 2 is 2.11 bits per heavy atom. The lowest BCUT2D eigenvalue weighted by atomic mass is 10.2. The van der Waals surface area contributed by atoms with Crippen molar-refractivity contribution in [2.75, 3.05) is 19.7 Å². The number of thiophene rings is 1. The zero-order valence-electron chi connectivity index (χ0n) is 10.8. The van der Waals surface area contributed by atoms with E-state index in [0.717, 1.165) is 24.5 Å². The van der Waals surface area contributed by atoms with Crippen molar-refractivity contribution < 1.29 is 9.84 Å². The average molecular weight is 265 g/mol. The van der Waals surface area contributed by atoms with Gasteiger partial charge in [-0.15, -0.1) is 11.3 Å². The van der Waals surface area contributed by atoms with Crippen LogP contribution in [0.5, 0.6) is 0 Å². The molecule has 1 saturated heterocycles. The molecule has 98 valence electrons. The summed E-state index contributed by atoms with van der Waals surface area (Å²) in [5.74, 6) is 5.62. The van der Waals surface area contributed by atoms with Crippen LogP contribution in [0.25, 0.3) is 0 Å². The number of aliphatic hydroxyl groups is 1. The molecule has 0 bridgehead atoms. The van der Waals surface area contributed by atoms with Gasteiger partial charge in [0, 0.05) is 24.5 Å². The Labute approximate surface area is 112 Å². The zero-order chi connectivity index (χ0) is 13.0. The van der Waals surface area contributed by atoms with E-state index in [2.05, 4.69) is 36.7 Å². The number of rotatable bonds is 2. The highest BCUT2D eigenvalue weighted by atomic mass is 32.1. The highest BCUT2D eigenvalue weighted by molar-refractivity contribution is 7.12. The van der Waals surface area contributed by atoms with Crippen molar-refractivity contribution in [2.24, 2.45) is 0 Å². The molecule has 18 heavy (non-hydrogen) atoms. The fraction of sp³-hybridized carbons (Fsp3) is 0.571. The molecule has 0 amide bonds. The molecule has 3 nitrogen and oxygen atoms in total. The first-order valence-electron chi connectivity index (χ1n) is 6.23. The van der Waals surface area contributed by atoms with Gasteiger partial charge >= 0.3 is 0 Å². The Morgan fingerprint density at radius 1 is 1.39 bits per heavy atom. The summed E-state index contributed by atoms with van der Waals surface area (Å²) in [6.07, 6.45) is 0.615. The normalized spacial score (nSPS) is 24.6. The van der Waals surface area contributed by atoms with Gasteiger partial charge < -0.3 is 9.84 Å². The summed E-state index contributed by atoms with van der Waals surface area (Å²) < 4.78 is 5.72. The summed E-state index contributed by atoms with van der Waals surface area (Å²) in [5.41, 5.74) is 0. The monoisotopic (exact) mass is 265 g/mol. The molecule has 1 aliphatic rings. The molecule has 1 aromatic heterocycles. The van der Waals surface area contributed by atoms with Crippen LogP contribution < -0.4 is 0 Å². The van der Waals surface area contributed by atoms with Gasteiger partial charge in [-0.05, 0) is 26.0 Å². The molecule has 0 saturated carbocycles. The van der Waals surface area contributed by atoms with Crippen molar-refractivity contribution in [3.63, 3.8) is 0 Å². The Hall–Kier alpha value is -0.860. The average Bonchev–Trinajstić information content (AvgIpc) is 2.72. The second-order valence-electron chi connectivity index (χ2n) is 4.68. The molecule has 4 heteroatoms. The fourth-order valence-electron chi connectivity index (χ4n) is 2.29. The molecule has 0 aliphatic carbocycles. The lowest BCUT2D eigenvalue weighted by Gasteiger charge is -2.34. The molecular formula is C14H19NO2S. The number of aliphatic hydroxyl groups excluding tert-OH is 1. The molecule has 1 aromatic rings. The molecule has 1 N–H and O–H groups in total. The SMILES string of the molecule is CC1CN(Cc2ccc(C#CCO)s2)CC(C)O1. The quantitative estimate of drug-likeness (QED) is 0.826. The number of hydrogen-bond acceptors (Lipinski definition) is 4. The molecule has 2 heterocycles. The van der Waals surface area contributed by atoms with Crippen molar-refractivity contribution >= 4 is 11.3 Å². The van der Waals surface area contributed by atoms with E-state index in [4.69, 9.17) is 9.84 Å². The maximum Gasteiger partial charge on any atom is 0.104 e.